The van der Waals surface area contributed by atoms with Crippen LogP contribution in [0.1, 0.15) is 62.6 Å². The Morgan fingerprint density at radius 3 is 0.736 bits per heavy atom. The minimum Gasteiger partial charge on any atom is -0.252 e. The molecule has 0 aliphatic rings. The summed E-state index contributed by atoms with van der Waals surface area (Å²) in [4.78, 5) is 3.99. The number of aryl methyl sites for hydroxylation is 1. The Balaban J connectivity index is 0.000000542. The Morgan fingerprint density at radius 1 is 0.333 bits per heavy atom. The molecule has 0 N–H and O–H groups in total. The predicted molar refractivity (Wildman–Crippen MR) is 209 cm³/mol. The normalized spacial score (nSPS) is 13.5. The molecule has 27 heteroatoms. The quantitative estimate of drug-likeness (QED) is 0.0884. The van der Waals surface area contributed by atoms with E-state index in [-0.39, 0.29) is 0 Å². The Hall–Kier alpha value is -6.44. The van der Waals surface area contributed by atoms with Crippen LogP contribution in [0.25, 0.3) is 0 Å². The summed E-state index contributed by atoms with van der Waals surface area (Å²) in [6.07, 6.45) is -46.1. The molecular weight excluding hydrogens is 1040 g/mol. The minimum absolute atomic E-state index is 0.691. The Labute approximate surface area is 389 Å². The van der Waals surface area contributed by atoms with E-state index in [1.54, 1.807) is 12.4 Å². The van der Waals surface area contributed by atoms with E-state index in [1.807, 2.05) is 12.4 Å². The summed E-state index contributed by atoms with van der Waals surface area (Å²) in [6.45, 7) is 3.08. The maximum atomic E-state index is 14.2. The topological polar surface area (TPSA) is 16.8 Å². The molecule has 0 spiro atoms. The van der Waals surface area contributed by atoms with E-state index < -0.39 is 195 Å². The van der Waals surface area contributed by atoms with Crippen molar-refractivity contribution in [3.63, 3.8) is 0 Å². The lowest BCUT2D eigenvalue weighted by Gasteiger charge is -2.46. The molecule has 6 aromatic rings. The number of hydrogen-bond acceptors (Lipinski definition) is 1. The summed E-state index contributed by atoms with van der Waals surface area (Å²) in [7, 11) is 0. The second-order valence-corrected chi connectivity index (χ2v) is 15.8. The molecule has 1 heterocycles. The zero-order chi connectivity index (χ0) is 54.4. The summed E-state index contributed by atoms with van der Waals surface area (Å²) in [6, 6.07) is -0.0537. The van der Waals surface area contributed by atoms with Crippen molar-refractivity contribution in [2.24, 2.45) is 0 Å². The number of aromatic nitrogens is 2. The van der Waals surface area contributed by atoms with Gasteiger partial charge < -0.3 is 0 Å². The van der Waals surface area contributed by atoms with Crippen LogP contribution in [0.5, 0.6) is 0 Å². The van der Waals surface area contributed by atoms with Gasteiger partial charge in [0, 0.05) is 5.56 Å². The molecular formula is C45H27BF24N2. The van der Waals surface area contributed by atoms with Crippen LogP contribution in [-0.4, -0.2) is 11.1 Å². The first-order chi connectivity index (χ1) is 32.6. The van der Waals surface area contributed by atoms with Crippen LogP contribution in [0.15, 0.2) is 122 Å². The SMILES string of the molecule is CCc1ccc(C[n+]2ccncc2)cc1.FC(F)(F)c1cc([B-](c2cc(C(F)(F)F)cc(C(F)(F)F)c2)(c2cc(C(F)(F)F)cc(C(F)(F)F)c2)c2cc(C(F)(F)F)cc(C(F)(F)F)c2)cc(C(F)(F)F)c1. The highest BCUT2D eigenvalue weighted by Crippen LogP contribution is 2.41. The van der Waals surface area contributed by atoms with E-state index in [4.69, 9.17) is 0 Å². The van der Waals surface area contributed by atoms with Gasteiger partial charge in [0.25, 0.3) is 0 Å². The molecule has 0 unspecified atom stereocenters. The Kier molecular flexibility index (Phi) is 15.3. The molecule has 72 heavy (non-hydrogen) atoms. The van der Waals surface area contributed by atoms with E-state index >= 15 is 0 Å². The largest absolute Gasteiger partial charge is 0.416 e. The maximum absolute atomic E-state index is 14.2. The predicted octanol–water partition coefficient (Wildman–Crippen LogP) is 13.2. The summed E-state index contributed by atoms with van der Waals surface area (Å²) in [5.41, 5.74) is -27.5. The number of alkyl halides is 24. The van der Waals surface area contributed by atoms with Crippen molar-refractivity contribution in [3.05, 3.63) is 177 Å². The molecule has 0 amide bonds. The van der Waals surface area contributed by atoms with E-state index in [2.05, 4.69) is 40.7 Å². The fourth-order valence-electron chi connectivity index (χ4n) is 7.61. The van der Waals surface area contributed by atoms with Crippen molar-refractivity contribution in [1.29, 1.82) is 0 Å². The third-order valence-corrected chi connectivity index (χ3v) is 10.9. The number of benzene rings is 5. The average Bonchev–Trinajstić information content (AvgIpc) is 3.25. The molecule has 6 rings (SSSR count). The molecule has 0 aliphatic carbocycles. The van der Waals surface area contributed by atoms with E-state index in [9.17, 15) is 105 Å². The third-order valence-electron chi connectivity index (χ3n) is 10.9. The molecule has 1 aromatic heterocycles. The maximum Gasteiger partial charge on any atom is 0.416 e. The van der Waals surface area contributed by atoms with Crippen LogP contribution < -0.4 is 26.4 Å². The van der Waals surface area contributed by atoms with Crippen LogP contribution in [-0.2, 0) is 62.4 Å². The van der Waals surface area contributed by atoms with Crippen LogP contribution >= 0.6 is 0 Å². The molecule has 2 nitrogen and oxygen atoms in total. The van der Waals surface area contributed by atoms with E-state index in [0.29, 0.717) is 0 Å². The first kappa shape index (κ1) is 56.5. The highest BCUT2D eigenvalue weighted by molar-refractivity contribution is 7.20. The number of halogens is 24. The van der Waals surface area contributed by atoms with Gasteiger partial charge in [-0.1, -0.05) is 79.7 Å². The molecule has 0 saturated heterocycles. The Morgan fingerprint density at radius 2 is 0.542 bits per heavy atom. The smallest absolute Gasteiger partial charge is 0.252 e. The summed E-state index contributed by atoms with van der Waals surface area (Å²) >= 11 is 0. The van der Waals surface area contributed by atoms with Gasteiger partial charge in [-0.3, -0.25) is 4.98 Å². The molecule has 0 saturated carbocycles. The molecule has 0 atom stereocenters. The molecule has 0 aliphatic heterocycles. The summed E-state index contributed by atoms with van der Waals surface area (Å²) in [5.74, 6) is 0. The molecule has 388 valence electrons. The number of nitrogens with zero attached hydrogens (tertiary/aromatic N) is 2. The first-order valence-corrected chi connectivity index (χ1v) is 19.9. The molecule has 0 fully saturated rings. The van der Waals surface area contributed by atoms with Crippen LogP contribution in [0, 0.1) is 0 Å². The second-order valence-electron chi connectivity index (χ2n) is 15.8. The number of hydrogen-bond donors (Lipinski definition) is 0. The molecule has 0 radical (unpaired) electrons. The highest BCUT2D eigenvalue weighted by Gasteiger charge is 2.47. The van der Waals surface area contributed by atoms with Crippen molar-refractivity contribution < 1.29 is 110 Å². The van der Waals surface area contributed by atoms with Gasteiger partial charge in [-0.2, -0.15) is 132 Å². The van der Waals surface area contributed by atoms with Gasteiger partial charge in [-0.15, -0.1) is 0 Å². The van der Waals surface area contributed by atoms with Crippen molar-refractivity contribution >= 4 is 28.0 Å². The zero-order valence-corrected chi connectivity index (χ0v) is 35.5. The lowest BCUT2D eigenvalue weighted by molar-refractivity contribution is -0.688. The summed E-state index contributed by atoms with van der Waals surface area (Å²) in [5, 5.41) is 0. The number of rotatable bonds is 7. The lowest BCUT2D eigenvalue weighted by atomic mass is 9.12. The first-order valence-electron chi connectivity index (χ1n) is 19.9. The van der Waals surface area contributed by atoms with Crippen molar-refractivity contribution in [2.45, 2.75) is 69.3 Å². The highest BCUT2D eigenvalue weighted by atomic mass is 19.4. The molecule has 0 bridgehead atoms. The van der Waals surface area contributed by atoms with Gasteiger partial charge in [-0.25, -0.2) is 0 Å². The zero-order valence-electron chi connectivity index (χ0n) is 35.5. The van der Waals surface area contributed by atoms with Gasteiger partial charge in [0.1, 0.15) is 6.15 Å². The van der Waals surface area contributed by atoms with Crippen molar-refractivity contribution in [3.8, 4) is 0 Å². The summed E-state index contributed by atoms with van der Waals surface area (Å²) < 4.78 is 343. The van der Waals surface area contributed by atoms with Crippen LogP contribution in [0.2, 0.25) is 0 Å². The fourth-order valence-corrected chi connectivity index (χ4v) is 7.61. The average molecular weight is 1060 g/mol. The fraction of sp³-hybridized carbons (Fsp3) is 0.244. The van der Waals surface area contributed by atoms with Gasteiger partial charge >= 0.3 is 49.4 Å². The molecule has 5 aromatic carbocycles. The minimum atomic E-state index is -6.13. The standard InChI is InChI=1S/C32H12BF24.C13H15N2/c34-25(35,36)13-1-14(26(37,38)39)6-21(5-13)33(22-7-15(27(40,41)42)2-16(8-22)28(43,44)45,23-9-17(29(46,47)48)3-18(10-23)30(49,50)51)24-11-19(31(52,53)54)4-20(12-24)32(55,56)57;1-2-12-3-5-13(6-4-12)11-15-9-7-14-8-10-15/h1-12H;3-10H,2,11H2,1H3/q-1;+1. The van der Waals surface area contributed by atoms with Crippen LogP contribution in [0.3, 0.4) is 0 Å². The van der Waals surface area contributed by atoms with E-state index in [0.717, 1.165) is 13.0 Å². The van der Waals surface area contributed by atoms with Gasteiger partial charge in [0.2, 0.25) is 0 Å². The Bertz CT molecular complexity index is 2410. The van der Waals surface area contributed by atoms with Gasteiger partial charge in [0.05, 0.1) is 56.9 Å². The third kappa shape index (κ3) is 13.1. The van der Waals surface area contributed by atoms with Gasteiger partial charge in [-0.05, 0) is 36.2 Å². The monoisotopic (exact) mass is 1060 g/mol. The van der Waals surface area contributed by atoms with Crippen molar-refractivity contribution in [1.82, 2.24) is 4.98 Å². The van der Waals surface area contributed by atoms with Gasteiger partial charge in [0.15, 0.2) is 18.9 Å². The van der Waals surface area contributed by atoms with Crippen molar-refractivity contribution in [2.75, 3.05) is 0 Å². The van der Waals surface area contributed by atoms with E-state index in [1.165, 1.54) is 11.1 Å². The lowest BCUT2D eigenvalue weighted by Crippen LogP contribution is -2.75. The van der Waals surface area contributed by atoms with Crippen LogP contribution in [0.4, 0.5) is 105 Å². The second kappa shape index (κ2) is 19.5.